The lowest BCUT2D eigenvalue weighted by molar-refractivity contribution is 0.253. The number of rotatable bonds is 6. The lowest BCUT2D eigenvalue weighted by Gasteiger charge is -2.28. The van der Waals surface area contributed by atoms with Gasteiger partial charge < -0.3 is 10.2 Å². The van der Waals surface area contributed by atoms with Crippen molar-refractivity contribution in [2.24, 2.45) is 4.99 Å². The van der Waals surface area contributed by atoms with E-state index < -0.39 is 0 Å². The van der Waals surface area contributed by atoms with Crippen molar-refractivity contribution in [2.45, 2.75) is 32.6 Å². The monoisotopic (exact) mass is 425 g/mol. The summed E-state index contributed by atoms with van der Waals surface area (Å²) in [6.07, 6.45) is 9.77. The van der Waals surface area contributed by atoms with Crippen molar-refractivity contribution in [3.05, 3.63) is 78.4 Å². The molecule has 0 amide bonds. The number of hydrogen-bond donors (Lipinski definition) is 1. The van der Waals surface area contributed by atoms with Crippen molar-refractivity contribution < 1.29 is 0 Å². The second-order valence-electron chi connectivity index (χ2n) is 8.50. The Morgan fingerprint density at radius 2 is 1.91 bits per heavy atom. The van der Waals surface area contributed by atoms with Gasteiger partial charge in [-0.3, -0.25) is 9.98 Å². The number of benzene rings is 1. The molecule has 0 spiro atoms. The van der Waals surface area contributed by atoms with Gasteiger partial charge in [0.05, 0.1) is 0 Å². The number of fused-ring (bicyclic) bond motifs is 1. The van der Waals surface area contributed by atoms with E-state index in [4.69, 9.17) is 0 Å². The Morgan fingerprint density at radius 1 is 1.09 bits per heavy atom. The molecule has 1 aliphatic heterocycles. The number of aliphatic imine (C=N–C) groups is 1. The standard InChI is InChI=1S/C27H31N5/c1-5-28-17-19(2)22-6-7-24-18-30-27(16-25(24)14-22)31-20(3)23-8-11-29-26(15-23)21-9-12-32(4)13-10-21/h5-8,11,14-18,21H,3,9-10,12-13H2,1-2,4H3,(H,30,31)/b19-17+,28-5?. The van der Waals surface area contributed by atoms with Crippen LogP contribution in [0.2, 0.25) is 0 Å². The van der Waals surface area contributed by atoms with Gasteiger partial charge in [0, 0.05) is 53.1 Å². The molecule has 1 aliphatic rings. The molecular weight excluding hydrogens is 394 g/mol. The number of hydrogen-bond acceptors (Lipinski definition) is 5. The van der Waals surface area contributed by atoms with Crippen LogP contribution in [0.3, 0.4) is 0 Å². The highest BCUT2D eigenvalue weighted by molar-refractivity contribution is 5.88. The fourth-order valence-corrected chi connectivity index (χ4v) is 4.11. The fourth-order valence-electron chi connectivity index (χ4n) is 4.11. The van der Waals surface area contributed by atoms with Gasteiger partial charge in [0.2, 0.25) is 0 Å². The Kier molecular flexibility index (Phi) is 6.76. The molecular formula is C27H31N5. The average Bonchev–Trinajstić information content (AvgIpc) is 2.82. The first-order chi connectivity index (χ1) is 15.5. The zero-order chi connectivity index (χ0) is 22.5. The first-order valence-electron chi connectivity index (χ1n) is 11.2. The van der Waals surface area contributed by atoms with Gasteiger partial charge in [-0.1, -0.05) is 18.7 Å². The number of nitrogens with one attached hydrogen (secondary N) is 1. The molecule has 0 unspecified atom stereocenters. The van der Waals surface area contributed by atoms with E-state index in [9.17, 15) is 0 Å². The maximum absolute atomic E-state index is 4.65. The molecule has 5 heteroatoms. The predicted molar refractivity (Wildman–Crippen MR) is 136 cm³/mol. The summed E-state index contributed by atoms with van der Waals surface area (Å²) in [6, 6.07) is 12.6. The van der Waals surface area contributed by atoms with Crippen LogP contribution in [0, 0.1) is 0 Å². The highest BCUT2D eigenvalue weighted by Gasteiger charge is 2.19. The van der Waals surface area contributed by atoms with Gasteiger partial charge >= 0.3 is 0 Å². The summed E-state index contributed by atoms with van der Waals surface area (Å²) >= 11 is 0. The van der Waals surface area contributed by atoms with Gasteiger partial charge in [0.25, 0.3) is 0 Å². The molecule has 1 N–H and O–H groups in total. The van der Waals surface area contributed by atoms with Crippen LogP contribution in [-0.4, -0.2) is 41.2 Å². The second kappa shape index (κ2) is 9.88. The summed E-state index contributed by atoms with van der Waals surface area (Å²) in [5.41, 5.74) is 5.32. The van der Waals surface area contributed by atoms with Crippen LogP contribution in [0.5, 0.6) is 0 Å². The van der Waals surface area contributed by atoms with Crippen LogP contribution in [0.4, 0.5) is 5.82 Å². The quantitative estimate of drug-likeness (QED) is 0.494. The third kappa shape index (κ3) is 5.11. The van der Waals surface area contributed by atoms with Crippen molar-refractivity contribution in [1.29, 1.82) is 0 Å². The highest BCUT2D eigenvalue weighted by Crippen LogP contribution is 2.28. The topological polar surface area (TPSA) is 53.4 Å². The first kappa shape index (κ1) is 21.9. The molecule has 0 atom stereocenters. The van der Waals surface area contributed by atoms with Crippen molar-refractivity contribution in [2.75, 3.05) is 25.5 Å². The minimum absolute atomic E-state index is 0.518. The van der Waals surface area contributed by atoms with E-state index >= 15 is 0 Å². The first-order valence-corrected chi connectivity index (χ1v) is 11.2. The molecule has 1 aromatic carbocycles. The zero-order valence-electron chi connectivity index (χ0n) is 19.2. The summed E-state index contributed by atoms with van der Waals surface area (Å²) in [6.45, 7) is 10.5. The van der Waals surface area contributed by atoms with Crippen LogP contribution < -0.4 is 5.32 Å². The molecule has 0 radical (unpaired) electrons. The van der Waals surface area contributed by atoms with E-state index in [1.165, 1.54) is 0 Å². The number of piperidine rings is 1. The maximum atomic E-state index is 4.65. The number of anilines is 1. The maximum Gasteiger partial charge on any atom is 0.130 e. The van der Waals surface area contributed by atoms with E-state index in [1.807, 2.05) is 31.6 Å². The highest BCUT2D eigenvalue weighted by atomic mass is 15.1. The molecule has 3 heterocycles. The molecule has 5 nitrogen and oxygen atoms in total. The number of pyridine rings is 2. The Bertz CT molecular complexity index is 1170. The van der Waals surface area contributed by atoms with E-state index in [2.05, 4.69) is 76.1 Å². The number of allylic oxidation sites excluding steroid dienone is 1. The summed E-state index contributed by atoms with van der Waals surface area (Å²) in [5, 5.41) is 5.62. The third-order valence-corrected chi connectivity index (χ3v) is 6.14. The molecule has 1 saturated heterocycles. The smallest absolute Gasteiger partial charge is 0.130 e. The molecule has 3 aromatic rings. The molecule has 1 fully saturated rings. The van der Waals surface area contributed by atoms with Crippen LogP contribution in [0.15, 0.2) is 66.6 Å². The van der Waals surface area contributed by atoms with Crippen LogP contribution in [-0.2, 0) is 0 Å². The number of aromatic nitrogens is 2. The molecule has 0 bridgehead atoms. The van der Waals surface area contributed by atoms with Crippen molar-refractivity contribution in [1.82, 2.24) is 14.9 Å². The van der Waals surface area contributed by atoms with Crippen molar-refractivity contribution in [3.63, 3.8) is 0 Å². The molecule has 2 aromatic heterocycles. The Balaban J connectivity index is 1.52. The minimum atomic E-state index is 0.518. The number of nitrogens with zero attached hydrogens (tertiary/aromatic N) is 4. The summed E-state index contributed by atoms with van der Waals surface area (Å²) < 4.78 is 0. The molecule has 4 rings (SSSR count). The van der Waals surface area contributed by atoms with E-state index in [0.29, 0.717) is 5.92 Å². The Morgan fingerprint density at radius 3 is 2.69 bits per heavy atom. The summed E-state index contributed by atoms with van der Waals surface area (Å²) in [5.74, 6) is 1.30. The van der Waals surface area contributed by atoms with Crippen molar-refractivity contribution >= 4 is 34.1 Å². The molecule has 32 heavy (non-hydrogen) atoms. The van der Waals surface area contributed by atoms with Crippen LogP contribution >= 0.6 is 0 Å². The van der Waals surface area contributed by atoms with Gasteiger partial charge in [-0.2, -0.15) is 0 Å². The van der Waals surface area contributed by atoms with Gasteiger partial charge in [-0.05, 0) is 87.6 Å². The molecule has 164 valence electrons. The largest absolute Gasteiger partial charge is 0.340 e. The van der Waals surface area contributed by atoms with Crippen LogP contribution in [0.1, 0.15) is 49.4 Å². The lowest BCUT2D eigenvalue weighted by atomic mass is 9.92. The fraction of sp³-hybridized carbons (Fsp3) is 0.296. The Labute approximate surface area is 190 Å². The SMILES string of the molecule is C=C(Nc1cc2cc(/C(C)=C/N=CC)ccc2cn1)c1ccnc(C2CCN(C)CC2)c1. The summed E-state index contributed by atoms with van der Waals surface area (Å²) in [4.78, 5) is 15.8. The summed E-state index contributed by atoms with van der Waals surface area (Å²) in [7, 11) is 2.18. The number of likely N-dealkylation sites (tertiary alicyclic amines) is 1. The van der Waals surface area contributed by atoms with Crippen LogP contribution in [0.25, 0.3) is 22.0 Å². The van der Waals surface area contributed by atoms with E-state index in [0.717, 1.165) is 70.6 Å². The Hall–Kier alpha value is -3.31. The molecule has 0 saturated carbocycles. The van der Waals surface area contributed by atoms with Gasteiger partial charge in [0.1, 0.15) is 5.82 Å². The normalized spacial score (nSPS) is 16.0. The van der Waals surface area contributed by atoms with Gasteiger partial charge in [-0.15, -0.1) is 0 Å². The van der Waals surface area contributed by atoms with Gasteiger partial charge in [0.15, 0.2) is 0 Å². The van der Waals surface area contributed by atoms with Crippen molar-refractivity contribution in [3.8, 4) is 0 Å². The van der Waals surface area contributed by atoms with E-state index in [-0.39, 0.29) is 0 Å². The minimum Gasteiger partial charge on any atom is -0.340 e. The average molecular weight is 426 g/mol. The zero-order valence-corrected chi connectivity index (χ0v) is 19.2. The van der Waals surface area contributed by atoms with E-state index in [1.54, 1.807) is 6.21 Å². The predicted octanol–water partition coefficient (Wildman–Crippen LogP) is 5.97. The van der Waals surface area contributed by atoms with Gasteiger partial charge in [-0.25, -0.2) is 4.98 Å². The third-order valence-electron chi connectivity index (χ3n) is 6.14. The lowest BCUT2D eigenvalue weighted by Crippen LogP contribution is -2.29. The second-order valence-corrected chi connectivity index (χ2v) is 8.50. The molecule has 0 aliphatic carbocycles.